The highest BCUT2D eigenvalue weighted by Gasteiger charge is 2.07. The fourth-order valence-electron chi connectivity index (χ4n) is 0.968. The minimum absolute atomic E-state index is 0.611. The van der Waals surface area contributed by atoms with Crippen LogP contribution in [0.4, 0.5) is 0 Å². The molecule has 2 N–H and O–H groups in total. The molecule has 0 saturated heterocycles. The van der Waals surface area contributed by atoms with Crippen LogP contribution in [-0.2, 0) is 0 Å². The Kier molecular flexibility index (Phi) is 6.57. The fourth-order valence-corrected chi connectivity index (χ4v) is 0.968. The lowest BCUT2D eigenvalue weighted by Crippen LogP contribution is -2.35. The second kappa shape index (κ2) is 6.62. The van der Waals surface area contributed by atoms with E-state index in [9.17, 15) is 0 Å². The maximum atomic E-state index is 3.41. The molecule has 0 rings (SSSR count). The van der Waals surface area contributed by atoms with E-state index in [-0.39, 0.29) is 0 Å². The van der Waals surface area contributed by atoms with Crippen molar-refractivity contribution in [1.82, 2.24) is 10.6 Å². The molecule has 11 heavy (non-hydrogen) atoms. The van der Waals surface area contributed by atoms with Gasteiger partial charge < -0.3 is 10.6 Å². The highest BCUT2D eigenvalue weighted by Crippen LogP contribution is 1.98. The van der Waals surface area contributed by atoms with Crippen molar-refractivity contribution in [3.8, 4) is 0 Å². The lowest BCUT2D eigenvalue weighted by atomic mass is 10.0. The highest BCUT2D eigenvalue weighted by atomic mass is 14.9. The van der Waals surface area contributed by atoms with Crippen LogP contribution in [0, 0.1) is 5.92 Å². The molecule has 0 unspecified atom stereocenters. The average Bonchev–Trinajstić information content (AvgIpc) is 2.03. The van der Waals surface area contributed by atoms with Crippen molar-refractivity contribution in [2.45, 2.75) is 33.2 Å². The molecule has 0 bridgehead atoms. The van der Waals surface area contributed by atoms with Gasteiger partial charge in [-0.3, -0.25) is 0 Å². The molecule has 0 aliphatic carbocycles. The normalized spacial score (nSPS) is 16.4. The van der Waals surface area contributed by atoms with Crippen molar-refractivity contribution in [3.05, 3.63) is 0 Å². The molecule has 0 heterocycles. The second-order valence-electron chi connectivity index (χ2n) is 3.26. The third-order valence-electron chi connectivity index (χ3n) is 2.20. The average molecular weight is 158 g/mol. The second-order valence-corrected chi connectivity index (χ2v) is 3.26. The first-order valence-corrected chi connectivity index (χ1v) is 4.60. The molecule has 0 radical (unpaired) electrons. The van der Waals surface area contributed by atoms with E-state index in [1.54, 1.807) is 0 Å². The first-order valence-electron chi connectivity index (χ1n) is 4.60. The maximum Gasteiger partial charge on any atom is 0.00734 e. The van der Waals surface area contributed by atoms with Crippen molar-refractivity contribution in [3.63, 3.8) is 0 Å². The van der Waals surface area contributed by atoms with Crippen molar-refractivity contribution < 1.29 is 0 Å². The van der Waals surface area contributed by atoms with Crippen LogP contribution in [0.2, 0.25) is 0 Å². The number of rotatable bonds is 6. The summed E-state index contributed by atoms with van der Waals surface area (Å²) in [5.74, 6) is 0.714. The van der Waals surface area contributed by atoms with Gasteiger partial charge >= 0.3 is 0 Å². The Labute approximate surface area is 70.8 Å². The SMILES string of the molecule is CCCNC[C@@H](C)[C@@H](C)NC. The van der Waals surface area contributed by atoms with E-state index in [0.717, 1.165) is 13.1 Å². The quantitative estimate of drug-likeness (QED) is 0.568. The van der Waals surface area contributed by atoms with E-state index in [2.05, 4.69) is 31.4 Å². The topological polar surface area (TPSA) is 24.1 Å². The van der Waals surface area contributed by atoms with Gasteiger partial charge in [0.05, 0.1) is 0 Å². The molecule has 68 valence electrons. The monoisotopic (exact) mass is 158 g/mol. The molecule has 0 saturated carbocycles. The molecule has 0 aliphatic rings. The van der Waals surface area contributed by atoms with Crippen molar-refractivity contribution >= 4 is 0 Å². The summed E-state index contributed by atoms with van der Waals surface area (Å²) in [5.41, 5.74) is 0. The summed E-state index contributed by atoms with van der Waals surface area (Å²) in [6, 6.07) is 0.611. The highest BCUT2D eigenvalue weighted by molar-refractivity contribution is 4.67. The van der Waals surface area contributed by atoms with Gasteiger partial charge in [0.15, 0.2) is 0 Å². The van der Waals surface area contributed by atoms with Gasteiger partial charge in [0.25, 0.3) is 0 Å². The van der Waals surface area contributed by atoms with Gasteiger partial charge in [-0.15, -0.1) is 0 Å². The summed E-state index contributed by atoms with van der Waals surface area (Å²) in [6.07, 6.45) is 1.22. The van der Waals surface area contributed by atoms with Crippen molar-refractivity contribution in [2.75, 3.05) is 20.1 Å². The molecule has 0 fully saturated rings. The van der Waals surface area contributed by atoms with E-state index in [0.29, 0.717) is 12.0 Å². The zero-order valence-corrected chi connectivity index (χ0v) is 8.28. The van der Waals surface area contributed by atoms with Crippen LogP contribution in [0.3, 0.4) is 0 Å². The fraction of sp³-hybridized carbons (Fsp3) is 1.00. The minimum Gasteiger partial charge on any atom is -0.317 e. The zero-order chi connectivity index (χ0) is 8.69. The molecular weight excluding hydrogens is 136 g/mol. The summed E-state index contributed by atoms with van der Waals surface area (Å²) in [6.45, 7) is 8.94. The lowest BCUT2D eigenvalue weighted by Gasteiger charge is -2.19. The van der Waals surface area contributed by atoms with Gasteiger partial charge in [0, 0.05) is 6.04 Å². The van der Waals surface area contributed by atoms with Gasteiger partial charge in [-0.25, -0.2) is 0 Å². The standard InChI is InChI=1S/C9H22N2/c1-5-6-11-7-8(2)9(3)10-4/h8-11H,5-7H2,1-4H3/t8-,9-/m1/s1. The van der Waals surface area contributed by atoms with Gasteiger partial charge in [0.1, 0.15) is 0 Å². The van der Waals surface area contributed by atoms with Crippen LogP contribution < -0.4 is 10.6 Å². The van der Waals surface area contributed by atoms with E-state index < -0.39 is 0 Å². The predicted molar refractivity (Wildman–Crippen MR) is 50.8 cm³/mol. The van der Waals surface area contributed by atoms with Crippen LogP contribution in [-0.4, -0.2) is 26.2 Å². The molecular formula is C9H22N2. The maximum absolute atomic E-state index is 3.41. The van der Waals surface area contributed by atoms with Crippen LogP contribution in [0.25, 0.3) is 0 Å². The largest absolute Gasteiger partial charge is 0.317 e. The first kappa shape index (κ1) is 10.9. The van der Waals surface area contributed by atoms with Crippen LogP contribution in [0.1, 0.15) is 27.2 Å². The Morgan fingerprint density at radius 3 is 2.36 bits per heavy atom. The summed E-state index contributed by atoms with van der Waals surface area (Å²) in [5, 5.41) is 6.66. The van der Waals surface area contributed by atoms with E-state index in [1.165, 1.54) is 6.42 Å². The first-order chi connectivity index (χ1) is 5.22. The Morgan fingerprint density at radius 1 is 1.27 bits per heavy atom. The number of nitrogens with one attached hydrogen (secondary N) is 2. The predicted octanol–water partition coefficient (Wildman–Crippen LogP) is 1.23. The molecule has 0 aliphatic heterocycles. The Morgan fingerprint density at radius 2 is 1.91 bits per heavy atom. The molecule has 2 atom stereocenters. The summed E-state index contributed by atoms with van der Waals surface area (Å²) < 4.78 is 0. The molecule has 0 aromatic carbocycles. The Hall–Kier alpha value is -0.0800. The molecule has 0 spiro atoms. The minimum atomic E-state index is 0.611. The van der Waals surface area contributed by atoms with Crippen LogP contribution in [0.5, 0.6) is 0 Å². The summed E-state index contributed by atoms with van der Waals surface area (Å²) in [7, 11) is 2.01. The van der Waals surface area contributed by atoms with Crippen LogP contribution in [0.15, 0.2) is 0 Å². The third kappa shape index (κ3) is 5.22. The van der Waals surface area contributed by atoms with E-state index in [4.69, 9.17) is 0 Å². The van der Waals surface area contributed by atoms with E-state index >= 15 is 0 Å². The third-order valence-corrected chi connectivity index (χ3v) is 2.20. The zero-order valence-electron chi connectivity index (χ0n) is 8.28. The van der Waals surface area contributed by atoms with Crippen LogP contribution >= 0.6 is 0 Å². The Bertz CT molecular complexity index is 83.6. The molecule has 0 aromatic rings. The van der Waals surface area contributed by atoms with Crippen molar-refractivity contribution in [1.29, 1.82) is 0 Å². The summed E-state index contributed by atoms with van der Waals surface area (Å²) in [4.78, 5) is 0. The number of hydrogen-bond donors (Lipinski definition) is 2. The van der Waals surface area contributed by atoms with E-state index in [1.807, 2.05) is 7.05 Å². The molecule has 2 heteroatoms. The Balaban J connectivity index is 3.28. The lowest BCUT2D eigenvalue weighted by molar-refractivity contribution is 0.401. The molecule has 0 amide bonds. The van der Waals surface area contributed by atoms with Crippen molar-refractivity contribution in [2.24, 2.45) is 5.92 Å². The molecule has 2 nitrogen and oxygen atoms in total. The summed E-state index contributed by atoms with van der Waals surface area (Å²) >= 11 is 0. The van der Waals surface area contributed by atoms with Gasteiger partial charge in [-0.1, -0.05) is 13.8 Å². The molecule has 0 aromatic heterocycles. The van der Waals surface area contributed by atoms with Gasteiger partial charge in [0.2, 0.25) is 0 Å². The van der Waals surface area contributed by atoms with Gasteiger partial charge in [-0.05, 0) is 39.4 Å². The van der Waals surface area contributed by atoms with Gasteiger partial charge in [-0.2, -0.15) is 0 Å². The number of hydrogen-bond acceptors (Lipinski definition) is 2. The smallest absolute Gasteiger partial charge is 0.00734 e.